The summed E-state index contributed by atoms with van der Waals surface area (Å²) in [5.41, 5.74) is 3.91. The minimum Gasteiger partial charge on any atom is -0.508 e. The van der Waals surface area contributed by atoms with Gasteiger partial charge in [-0.1, -0.05) is 30.3 Å². The van der Waals surface area contributed by atoms with Gasteiger partial charge in [0.2, 0.25) is 0 Å². The number of nitrogens with one attached hydrogen (secondary N) is 1. The van der Waals surface area contributed by atoms with Crippen molar-refractivity contribution in [1.29, 1.82) is 0 Å². The van der Waals surface area contributed by atoms with E-state index in [-0.39, 0.29) is 0 Å². The molecule has 1 heterocycles. The number of fused-ring (bicyclic) bond motifs is 1. The highest BCUT2D eigenvalue weighted by molar-refractivity contribution is 5.57. The number of aromatic hydroxyl groups is 1. The molecule has 1 aliphatic heterocycles. The first-order valence-electron chi connectivity index (χ1n) is 7.07. The summed E-state index contributed by atoms with van der Waals surface area (Å²) in [6.07, 6.45) is 1.12. The first-order chi connectivity index (χ1) is 9.78. The molecule has 2 aromatic carbocycles. The van der Waals surface area contributed by atoms with Crippen molar-refractivity contribution >= 4 is 5.69 Å². The minimum atomic E-state index is 0.322. The van der Waals surface area contributed by atoms with Gasteiger partial charge in [0, 0.05) is 24.8 Å². The Balaban J connectivity index is 1.86. The SMILES string of the molecule is CNC1CCN(Cc2ccc(O)cc2)c2ccccc21. The molecule has 0 fully saturated rings. The molecule has 0 radical (unpaired) electrons. The second-order valence-corrected chi connectivity index (χ2v) is 5.28. The molecular formula is C17H20N2O. The fourth-order valence-corrected chi connectivity index (χ4v) is 2.92. The van der Waals surface area contributed by atoms with E-state index in [0.717, 1.165) is 19.5 Å². The quantitative estimate of drug-likeness (QED) is 0.898. The van der Waals surface area contributed by atoms with E-state index in [2.05, 4.69) is 34.5 Å². The third-order valence-corrected chi connectivity index (χ3v) is 4.00. The van der Waals surface area contributed by atoms with Gasteiger partial charge in [-0.05, 0) is 42.8 Å². The molecule has 1 aliphatic rings. The topological polar surface area (TPSA) is 35.5 Å². The van der Waals surface area contributed by atoms with E-state index in [4.69, 9.17) is 0 Å². The molecule has 0 saturated carbocycles. The van der Waals surface area contributed by atoms with Crippen LogP contribution in [0.2, 0.25) is 0 Å². The summed E-state index contributed by atoms with van der Waals surface area (Å²) < 4.78 is 0. The predicted molar refractivity (Wildman–Crippen MR) is 82.0 cm³/mol. The number of nitrogens with zero attached hydrogens (tertiary/aromatic N) is 1. The van der Waals surface area contributed by atoms with Gasteiger partial charge in [-0.3, -0.25) is 0 Å². The van der Waals surface area contributed by atoms with Crippen molar-refractivity contribution in [3.05, 3.63) is 59.7 Å². The molecule has 1 atom stereocenters. The van der Waals surface area contributed by atoms with Crippen molar-refractivity contribution in [3.8, 4) is 5.75 Å². The zero-order valence-electron chi connectivity index (χ0n) is 11.7. The van der Waals surface area contributed by atoms with Crippen molar-refractivity contribution in [2.24, 2.45) is 0 Å². The predicted octanol–water partition coefficient (Wildman–Crippen LogP) is 3.06. The molecule has 0 bridgehead atoms. The minimum absolute atomic E-state index is 0.322. The number of rotatable bonds is 3. The zero-order valence-corrected chi connectivity index (χ0v) is 11.7. The first kappa shape index (κ1) is 13.0. The smallest absolute Gasteiger partial charge is 0.115 e. The summed E-state index contributed by atoms with van der Waals surface area (Å²) in [6.45, 7) is 1.93. The Labute approximate surface area is 119 Å². The lowest BCUT2D eigenvalue weighted by Gasteiger charge is -2.35. The van der Waals surface area contributed by atoms with Gasteiger partial charge in [0.15, 0.2) is 0 Å². The Kier molecular flexibility index (Phi) is 3.61. The van der Waals surface area contributed by atoms with E-state index >= 15 is 0 Å². The highest BCUT2D eigenvalue weighted by Crippen LogP contribution is 2.34. The average Bonchev–Trinajstić information content (AvgIpc) is 2.50. The number of para-hydroxylation sites is 1. The lowest BCUT2D eigenvalue weighted by Crippen LogP contribution is -2.34. The van der Waals surface area contributed by atoms with Gasteiger partial charge in [0.05, 0.1) is 0 Å². The third kappa shape index (κ3) is 2.49. The Morgan fingerprint density at radius 2 is 1.90 bits per heavy atom. The molecular weight excluding hydrogens is 248 g/mol. The van der Waals surface area contributed by atoms with E-state index in [0.29, 0.717) is 11.8 Å². The van der Waals surface area contributed by atoms with Crippen LogP contribution >= 0.6 is 0 Å². The van der Waals surface area contributed by atoms with E-state index in [1.54, 1.807) is 12.1 Å². The fourth-order valence-electron chi connectivity index (χ4n) is 2.92. The van der Waals surface area contributed by atoms with Crippen molar-refractivity contribution in [1.82, 2.24) is 5.32 Å². The monoisotopic (exact) mass is 268 g/mol. The highest BCUT2D eigenvalue weighted by Gasteiger charge is 2.23. The van der Waals surface area contributed by atoms with Crippen molar-refractivity contribution < 1.29 is 5.11 Å². The molecule has 3 heteroatoms. The standard InChI is InChI=1S/C17H20N2O/c1-18-16-10-11-19(17-5-3-2-4-15(16)17)12-13-6-8-14(20)9-7-13/h2-9,16,18,20H,10-12H2,1H3. The van der Waals surface area contributed by atoms with Gasteiger partial charge in [0.25, 0.3) is 0 Å². The molecule has 0 amide bonds. The maximum Gasteiger partial charge on any atom is 0.115 e. The Morgan fingerprint density at radius 1 is 1.15 bits per heavy atom. The van der Waals surface area contributed by atoms with Crippen molar-refractivity contribution in [2.45, 2.75) is 19.0 Å². The number of phenols is 1. The van der Waals surface area contributed by atoms with Crippen LogP contribution < -0.4 is 10.2 Å². The molecule has 3 rings (SSSR count). The molecule has 1 unspecified atom stereocenters. The number of hydrogen-bond acceptors (Lipinski definition) is 3. The van der Waals surface area contributed by atoms with Crippen LogP contribution in [0.4, 0.5) is 5.69 Å². The van der Waals surface area contributed by atoms with Gasteiger partial charge >= 0.3 is 0 Å². The van der Waals surface area contributed by atoms with E-state index in [1.807, 2.05) is 19.2 Å². The normalized spacial score (nSPS) is 17.9. The summed E-state index contributed by atoms with van der Waals surface area (Å²) in [5, 5.41) is 12.8. The maximum absolute atomic E-state index is 9.37. The van der Waals surface area contributed by atoms with Crippen LogP contribution in [0.15, 0.2) is 48.5 Å². The number of phenolic OH excluding ortho intramolecular Hbond substituents is 1. The van der Waals surface area contributed by atoms with Crippen LogP contribution in [-0.2, 0) is 6.54 Å². The molecule has 104 valence electrons. The molecule has 2 aromatic rings. The number of anilines is 1. The first-order valence-corrected chi connectivity index (χ1v) is 7.07. The van der Waals surface area contributed by atoms with Crippen molar-refractivity contribution in [2.75, 3.05) is 18.5 Å². The fraction of sp³-hybridized carbons (Fsp3) is 0.294. The summed E-state index contributed by atoms with van der Waals surface area (Å²) in [6, 6.07) is 16.5. The van der Waals surface area contributed by atoms with Gasteiger partial charge in [-0.15, -0.1) is 0 Å². The van der Waals surface area contributed by atoms with E-state index < -0.39 is 0 Å². The van der Waals surface area contributed by atoms with Gasteiger partial charge in [0.1, 0.15) is 5.75 Å². The number of hydrogen-bond donors (Lipinski definition) is 2. The second-order valence-electron chi connectivity index (χ2n) is 5.28. The van der Waals surface area contributed by atoms with Crippen LogP contribution in [0.25, 0.3) is 0 Å². The largest absolute Gasteiger partial charge is 0.508 e. The molecule has 20 heavy (non-hydrogen) atoms. The molecule has 0 aliphatic carbocycles. The lowest BCUT2D eigenvalue weighted by molar-refractivity contribution is 0.475. The Hall–Kier alpha value is -2.00. The maximum atomic E-state index is 9.37. The van der Waals surface area contributed by atoms with Crippen LogP contribution in [0.1, 0.15) is 23.6 Å². The lowest BCUT2D eigenvalue weighted by atomic mass is 9.96. The third-order valence-electron chi connectivity index (χ3n) is 4.00. The summed E-state index contributed by atoms with van der Waals surface area (Å²) in [4.78, 5) is 2.41. The Morgan fingerprint density at radius 3 is 2.65 bits per heavy atom. The summed E-state index contributed by atoms with van der Waals surface area (Å²) in [7, 11) is 2.02. The molecule has 0 aromatic heterocycles. The Bertz CT molecular complexity index is 580. The summed E-state index contributed by atoms with van der Waals surface area (Å²) >= 11 is 0. The molecule has 0 saturated heterocycles. The van der Waals surface area contributed by atoms with Gasteiger partial charge in [-0.25, -0.2) is 0 Å². The van der Waals surface area contributed by atoms with Crippen molar-refractivity contribution in [3.63, 3.8) is 0 Å². The van der Waals surface area contributed by atoms with Crippen LogP contribution in [0, 0.1) is 0 Å². The van der Waals surface area contributed by atoms with Crippen LogP contribution in [-0.4, -0.2) is 18.7 Å². The number of benzene rings is 2. The molecule has 2 N–H and O–H groups in total. The van der Waals surface area contributed by atoms with E-state index in [9.17, 15) is 5.11 Å². The summed E-state index contributed by atoms with van der Waals surface area (Å²) in [5.74, 6) is 0.322. The van der Waals surface area contributed by atoms with Gasteiger partial charge in [-0.2, -0.15) is 0 Å². The van der Waals surface area contributed by atoms with Crippen LogP contribution in [0.5, 0.6) is 5.75 Å². The van der Waals surface area contributed by atoms with Gasteiger partial charge < -0.3 is 15.3 Å². The second kappa shape index (κ2) is 5.55. The highest BCUT2D eigenvalue weighted by atomic mass is 16.3. The molecule has 0 spiro atoms. The zero-order chi connectivity index (χ0) is 13.9. The average molecular weight is 268 g/mol. The van der Waals surface area contributed by atoms with E-state index in [1.165, 1.54) is 16.8 Å². The van der Waals surface area contributed by atoms with Crippen LogP contribution in [0.3, 0.4) is 0 Å². The molecule has 3 nitrogen and oxygen atoms in total.